The van der Waals surface area contributed by atoms with Crippen LogP contribution in [0.4, 0.5) is 19.0 Å². The minimum absolute atomic E-state index is 0.0275. The summed E-state index contributed by atoms with van der Waals surface area (Å²) in [7, 11) is 1.78. The molecule has 4 aromatic heterocycles. The topological polar surface area (TPSA) is 129 Å². The number of aryl methyl sites for hydroxylation is 1. The van der Waals surface area contributed by atoms with Gasteiger partial charge in [-0.25, -0.2) is 32.9 Å². The smallest absolute Gasteiger partial charge is 0.326 e. The van der Waals surface area contributed by atoms with Gasteiger partial charge in [-0.3, -0.25) is 4.68 Å². The molecule has 0 amide bonds. The first-order valence-corrected chi connectivity index (χ1v) is 14.5. The summed E-state index contributed by atoms with van der Waals surface area (Å²) in [4.78, 5) is 26.5. The molecule has 2 fully saturated rings. The molecule has 0 spiro atoms. The summed E-state index contributed by atoms with van der Waals surface area (Å²) in [5, 5.41) is 14.9. The summed E-state index contributed by atoms with van der Waals surface area (Å²) in [6.07, 6.45) is 1.23. The van der Waals surface area contributed by atoms with Crippen molar-refractivity contribution in [2.75, 3.05) is 24.7 Å². The fraction of sp³-hybridized carbons (Fsp3) is 0.387. The van der Waals surface area contributed by atoms with E-state index >= 15 is 4.39 Å². The van der Waals surface area contributed by atoms with E-state index in [2.05, 4.69) is 20.1 Å². The zero-order chi connectivity index (χ0) is 31.5. The number of aliphatic carboxylic acids is 1. The molecule has 234 valence electrons. The highest BCUT2D eigenvalue weighted by Gasteiger charge is 2.46. The molecule has 0 saturated carbocycles. The summed E-state index contributed by atoms with van der Waals surface area (Å²) >= 11 is 0. The van der Waals surface area contributed by atoms with E-state index in [1.807, 2.05) is 0 Å². The number of aromatic nitrogens is 5. The molecule has 2 aliphatic heterocycles. The number of para-hydroxylation sites is 1. The van der Waals surface area contributed by atoms with E-state index in [1.165, 1.54) is 4.90 Å². The summed E-state index contributed by atoms with van der Waals surface area (Å²) in [5.74, 6) is -2.52. The first-order chi connectivity index (χ1) is 21.6. The Bertz CT molecular complexity index is 1910. The Hall–Kier alpha value is -4.72. The second kappa shape index (κ2) is 11.0. The molecule has 1 N–H and O–H groups in total. The lowest BCUT2D eigenvalue weighted by Crippen LogP contribution is -2.38. The highest BCUT2D eigenvalue weighted by Crippen LogP contribution is 2.46. The number of ether oxygens (including phenoxy) is 2. The van der Waals surface area contributed by atoms with Crippen molar-refractivity contribution in [1.29, 1.82) is 0 Å². The second-order valence-corrected chi connectivity index (χ2v) is 11.5. The maximum absolute atomic E-state index is 16.9. The highest BCUT2D eigenvalue weighted by molar-refractivity contribution is 6.06. The Labute approximate surface area is 254 Å². The van der Waals surface area contributed by atoms with Gasteiger partial charge in [0.25, 0.3) is 6.43 Å². The number of nitrogens with zero attached hydrogens (tertiary/aromatic N) is 6. The first-order valence-electron chi connectivity index (χ1n) is 14.5. The Morgan fingerprint density at radius 2 is 2.02 bits per heavy atom. The van der Waals surface area contributed by atoms with Gasteiger partial charge >= 0.3 is 5.97 Å². The van der Waals surface area contributed by atoms with Crippen LogP contribution in [0.3, 0.4) is 0 Å². The number of carboxylic acid groups (broad SMARTS) is 1. The molecule has 2 saturated heterocycles. The maximum Gasteiger partial charge on any atom is 0.326 e. The molecule has 7 rings (SSSR count). The van der Waals surface area contributed by atoms with Gasteiger partial charge in [0.2, 0.25) is 5.88 Å². The molecule has 2 aliphatic rings. The van der Waals surface area contributed by atoms with Crippen molar-refractivity contribution in [3.63, 3.8) is 0 Å². The largest absolute Gasteiger partial charge is 0.480 e. The molecule has 14 heteroatoms. The molecule has 0 unspecified atom stereocenters. The van der Waals surface area contributed by atoms with Gasteiger partial charge in [-0.1, -0.05) is 19.1 Å². The number of halogens is 3. The number of carbonyl (C=O) groups is 1. The van der Waals surface area contributed by atoms with E-state index in [4.69, 9.17) is 13.9 Å². The normalized spacial score (nSPS) is 23.8. The van der Waals surface area contributed by atoms with Crippen LogP contribution in [0.2, 0.25) is 0 Å². The summed E-state index contributed by atoms with van der Waals surface area (Å²) in [5.41, 5.74) is 0.426. The monoisotopic (exact) mass is 622 g/mol. The summed E-state index contributed by atoms with van der Waals surface area (Å²) < 4.78 is 64.2. The average Bonchev–Trinajstić information content (AvgIpc) is 3.75. The van der Waals surface area contributed by atoms with Gasteiger partial charge in [0, 0.05) is 61.3 Å². The molecule has 6 heterocycles. The van der Waals surface area contributed by atoms with Crippen molar-refractivity contribution in [2.24, 2.45) is 13.0 Å². The number of benzene rings is 1. The number of alkyl halides is 3. The molecule has 4 atom stereocenters. The van der Waals surface area contributed by atoms with Gasteiger partial charge in [-0.2, -0.15) is 5.10 Å². The molecular weight excluding hydrogens is 593 g/mol. The lowest BCUT2D eigenvalue weighted by molar-refractivity contribution is -0.138. The zero-order valence-corrected chi connectivity index (χ0v) is 24.4. The van der Waals surface area contributed by atoms with Crippen molar-refractivity contribution < 1.29 is 37.0 Å². The van der Waals surface area contributed by atoms with E-state index < -0.39 is 42.0 Å². The van der Waals surface area contributed by atoms with Crippen molar-refractivity contribution in [2.45, 2.75) is 44.0 Å². The predicted molar refractivity (Wildman–Crippen MR) is 156 cm³/mol. The Morgan fingerprint density at radius 3 is 2.76 bits per heavy atom. The molecule has 0 radical (unpaired) electrons. The molecule has 45 heavy (non-hydrogen) atoms. The number of fused-ring (bicyclic) bond motifs is 3. The van der Waals surface area contributed by atoms with Gasteiger partial charge < -0.3 is 23.9 Å². The quantitative estimate of drug-likeness (QED) is 0.251. The molecule has 11 nitrogen and oxygen atoms in total. The first kappa shape index (κ1) is 29.0. The fourth-order valence-electron chi connectivity index (χ4n) is 6.23. The maximum atomic E-state index is 16.9. The van der Waals surface area contributed by atoms with E-state index in [9.17, 15) is 18.7 Å². The van der Waals surface area contributed by atoms with E-state index in [-0.39, 0.29) is 61.0 Å². The van der Waals surface area contributed by atoms with Crippen molar-refractivity contribution in [1.82, 2.24) is 24.7 Å². The van der Waals surface area contributed by atoms with Crippen molar-refractivity contribution >= 4 is 33.9 Å². The van der Waals surface area contributed by atoms with E-state index in [1.54, 1.807) is 67.6 Å². The lowest BCUT2D eigenvalue weighted by atomic mass is 9.80. The third kappa shape index (κ3) is 5.02. The van der Waals surface area contributed by atoms with Gasteiger partial charge in [-0.05, 0) is 18.2 Å². The van der Waals surface area contributed by atoms with E-state index in [0.29, 0.717) is 16.5 Å². The Kier molecular flexibility index (Phi) is 7.10. The van der Waals surface area contributed by atoms with Crippen LogP contribution in [-0.4, -0.2) is 67.7 Å². The number of carboxylic acids is 1. The fourth-order valence-corrected chi connectivity index (χ4v) is 6.23. The minimum Gasteiger partial charge on any atom is -0.480 e. The van der Waals surface area contributed by atoms with Gasteiger partial charge in [0.05, 0.1) is 24.9 Å². The van der Waals surface area contributed by atoms with Crippen LogP contribution in [-0.2, 0) is 22.2 Å². The summed E-state index contributed by atoms with van der Waals surface area (Å²) in [6.45, 7) is 2.11. The third-order valence-electron chi connectivity index (χ3n) is 8.61. The molecular formula is C31H29F3N6O5. The molecule has 0 bridgehead atoms. The number of hydrogen-bond acceptors (Lipinski definition) is 9. The molecule has 0 aliphatic carbocycles. The Balaban J connectivity index is 1.28. The lowest BCUT2D eigenvalue weighted by Gasteiger charge is -2.36. The minimum atomic E-state index is -3.01. The van der Waals surface area contributed by atoms with Crippen molar-refractivity contribution in [3.05, 3.63) is 60.3 Å². The molecule has 1 aromatic carbocycles. The van der Waals surface area contributed by atoms with Crippen LogP contribution < -0.4 is 9.64 Å². The van der Waals surface area contributed by atoms with Crippen LogP contribution in [0.1, 0.15) is 37.6 Å². The van der Waals surface area contributed by atoms with Gasteiger partial charge in [-0.15, -0.1) is 0 Å². The number of pyridine rings is 1. The van der Waals surface area contributed by atoms with Crippen LogP contribution in [0.25, 0.3) is 33.2 Å². The summed E-state index contributed by atoms with van der Waals surface area (Å²) in [6, 6.07) is 7.30. The van der Waals surface area contributed by atoms with Crippen LogP contribution >= 0.6 is 0 Å². The second-order valence-electron chi connectivity index (χ2n) is 11.5. The average molecular weight is 623 g/mol. The zero-order valence-electron chi connectivity index (χ0n) is 24.4. The van der Waals surface area contributed by atoms with Gasteiger partial charge in [0.1, 0.15) is 28.9 Å². The van der Waals surface area contributed by atoms with Crippen LogP contribution in [0, 0.1) is 5.92 Å². The Morgan fingerprint density at radius 1 is 1.20 bits per heavy atom. The number of furan rings is 1. The standard InChI is InChI=1S/C31H29F3N6O5/c1-16-15-43-8-7-31(16,34)21-9-17(18-12-36-39(2)13-18)11-35-29(21)44-19-10-22(30(41)42)40(14-19)28-25-24(37-27(38-28)26(32)33)20-5-3-4-6-23(20)45-25/h3-6,9,11-13,16,19,22,26H,7-8,10,14-15H2,1-2H3,(H,41,42)/t16-,19-,22-,31+/m0/s1. The van der Waals surface area contributed by atoms with Crippen LogP contribution in [0.15, 0.2) is 53.3 Å². The number of anilines is 1. The predicted octanol–water partition coefficient (Wildman–Crippen LogP) is 5.44. The van der Waals surface area contributed by atoms with Crippen molar-refractivity contribution in [3.8, 4) is 17.0 Å². The van der Waals surface area contributed by atoms with Crippen LogP contribution in [0.5, 0.6) is 5.88 Å². The number of hydrogen-bond donors (Lipinski definition) is 1. The molecule has 5 aromatic rings. The third-order valence-corrected chi connectivity index (χ3v) is 8.61. The highest BCUT2D eigenvalue weighted by atomic mass is 19.3. The SMILES string of the molecule is C[C@H]1COCC[C@]1(F)c1cc(-c2cnn(C)c2)cnc1O[C@H]1C[C@@H](C(=O)O)N(c2nc(C(F)F)nc3c2oc2ccccc23)C1. The van der Waals surface area contributed by atoms with E-state index in [0.717, 1.165) is 5.56 Å². The number of rotatable bonds is 7. The van der Waals surface area contributed by atoms with Gasteiger partial charge in [0.15, 0.2) is 17.2 Å².